The van der Waals surface area contributed by atoms with E-state index in [2.05, 4.69) is 11.2 Å². The summed E-state index contributed by atoms with van der Waals surface area (Å²) >= 11 is 0. The number of nitrogens with two attached hydrogens (primary N) is 1. The van der Waals surface area contributed by atoms with E-state index in [4.69, 9.17) is 11.0 Å². The molecule has 0 fully saturated rings. The fourth-order valence-corrected chi connectivity index (χ4v) is 1.61. The van der Waals surface area contributed by atoms with Crippen molar-refractivity contribution in [2.75, 3.05) is 6.54 Å². The fraction of sp³-hybridized carbons (Fsp3) is 0.600. The van der Waals surface area contributed by atoms with Crippen molar-refractivity contribution in [1.29, 1.82) is 5.26 Å². The lowest BCUT2D eigenvalue weighted by Crippen LogP contribution is -2.05. The van der Waals surface area contributed by atoms with Crippen molar-refractivity contribution < 1.29 is 0 Å². The molecule has 0 aliphatic carbocycles. The van der Waals surface area contributed by atoms with Gasteiger partial charge in [-0.3, -0.25) is 4.68 Å². The van der Waals surface area contributed by atoms with E-state index in [-0.39, 0.29) is 0 Å². The third-order valence-electron chi connectivity index (χ3n) is 2.36. The molecule has 4 heteroatoms. The van der Waals surface area contributed by atoms with Crippen molar-refractivity contribution >= 4 is 0 Å². The van der Waals surface area contributed by atoms with Crippen LogP contribution in [0.5, 0.6) is 0 Å². The standard InChI is InChI=1S/C10H16N4/c1-8-10(4-6-12)9(2)14(13-8)7-3-5-11/h3-4,6-7,12H2,1-2H3. The number of rotatable bonds is 4. The minimum absolute atomic E-state index is 0.504. The van der Waals surface area contributed by atoms with Gasteiger partial charge < -0.3 is 5.73 Å². The molecule has 14 heavy (non-hydrogen) atoms. The van der Waals surface area contributed by atoms with Crippen molar-refractivity contribution in [2.45, 2.75) is 33.2 Å². The van der Waals surface area contributed by atoms with Crippen LogP contribution in [0.2, 0.25) is 0 Å². The molecular weight excluding hydrogens is 176 g/mol. The van der Waals surface area contributed by atoms with Gasteiger partial charge >= 0.3 is 0 Å². The van der Waals surface area contributed by atoms with Crippen LogP contribution in [0.3, 0.4) is 0 Å². The average Bonchev–Trinajstić information content (AvgIpc) is 2.43. The van der Waals surface area contributed by atoms with E-state index in [1.54, 1.807) is 0 Å². The number of nitrogens with zero attached hydrogens (tertiary/aromatic N) is 3. The van der Waals surface area contributed by atoms with Gasteiger partial charge in [0.05, 0.1) is 24.7 Å². The lowest BCUT2D eigenvalue weighted by atomic mass is 10.1. The molecule has 0 saturated carbocycles. The molecule has 1 rings (SSSR count). The minimum Gasteiger partial charge on any atom is -0.330 e. The van der Waals surface area contributed by atoms with Crippen LogP contribution < -0.4 is 5.73 Å². The monoisotopic (exact) mass is 192 g/mol. The summed E-state index contributed by atoms with van der Waals surface area (Å²) in [5.41, 5.74) is 8.92. The molecule has 2 N–H and O–H groups in total. The Balaban J connectivity index is 2.87. The van der Waals surface area contributed by atoms with Gasteiger partial charge in [-0.25, -0.2) is 0 Å². The highest BCUT2D eigenvalue weighted by Gasteiger charge is 2.09. The Labute approximate surface area is 84.3 Å². The molecule has 0 amide bonds. The first-order valence-electron chi connectivity index (χ1n) is 4.80. The van der Waals surface area contributed by atoms with Crippen molar-refractivity contribution in [3.63, 3.8) is 0 Å². The molecule has 0 radical (unpaired) electrons. The maximum absolute atomic E-state index is 8.49. The van der Waals surface area contributed by atoms with Crippen LogP contribution in [-0.4, -0.2) is 16.3 Å². The first-order chi connectivity index (χ1) is 6.70. The largest absolute Gasteiger partial charge is 0.330 e. The molecule has 1 heterocycles. The number of aryl methyl sites for hydroxylation is 2. The summed E-state index contributed by atoms with van der Waals surface area (Å²) in [7, 11) is 0. The highest BCUT2D eigenvalue weighted by atomic mass is 15.3. The van der Waals surface area contributed by atoms with Crippen LogP contribution in [-0.2, 0) is 13.0 Å². The van der Waals surface area contributed by atoms with E-state index >= 15 is 0 Å². The molecule has 0 atom stereocenters. The van der Waals surface area contributed by atoms with Crippen LogP contribution >= 0.6 is 0 Å². The molecule has 76 valence electrons. The van der Waals surface area contributed by atoms with Crippen LogP contribution in [0.25, 0.3) is 0 Å². The molecule has 4 nitrogen and oxygen atoms in total. The third kappa shape index (κ3) is 2.12. The predicted molar refractivity (Wildman–Crippen MR) is 54.7 cm³/mol. The zero-order valence-electron chi connectivity index (χ0n) is 8.75. The number of aromatic nitrogens is 2. The van der Waals surface area contributed by atoms with E-state index in [1.807, 2.05) is 18.5 Å². The second-order valence-corrected chi connectivity index (χ2v) is 3.32. The van der Waals surface area contributed by atoms with Gasteiger partial charge in [-0.05, 0) is 32.4 Å². The van der Waals surface area contributed by atoms with E-state index in [9.17, 15) is 0 Å². The highest BCUT2D eigenvalue weighted by Crippen LogP contribution is 2.13. The second-order valence-electron chi connectivity index (χ2n) is 3.32. The van der Waals surface area contributed by atoms with Gasteiger partial charge in [-0.15, -0.1) is 0 Å². The van der Waals surface area contributed by atoms with Gasteiger partial charge in [0.15, 0.2) is 0 Å². The first-order valence-corrected chi connectivity index (χ1v) is 4.80. The molecule has 0 aromatic carbocycles. The van der Waals surface area contributed by atoms with Gasteiger partial charge in [0.25, 0.3) is 0 Å². The lowest BCUT2D eigenvalue weighted by Gasteiger charge is -2.01. The van der Waals surface area contributed by atoms with Crippen LogP contribution in [0, 0.1) is 25.2 Å². The summed E-state index contributed by atoms with van der Waals surface area (Å²) in [6.45, 7) is 5.34. The van der Waals surface area contributed by atoms with Crippen molar-refractivity contribution in [2.24, 2.45) is 5.73 Å². The molecule has 0 spiro atoms. The molecule has 0 aliphatic heterocycles. The van der Waals surface area contributed by atoms with Gasteiger partial charge in [0.1, 0.15) is 0 Å². The maximum atomic E-state index is 8.49. The Morgan fingerprint density at radius 1 is 1.50 bits per heavy atom. The van der Waals surface area contributed by atoms with Crippen LogP contribution in [0.1, 0.15) is 23.4 Å². The molecule has 0 unspecified atom stereocenters. The predicted octanol–water partition coefficient (Wildman–Crippen LogP) is 0.915. The Hall–Kier alpha value is -1.34. The number of nitriles is 1. The molecule has 1 aromatic heterocycles. The van der Waals surface area contributed by atoms with Crippen LogP contribution in [0.15, 0.2) is 0 Å². The Morgan fingerprint density at radius 3 is 2.79 bits per heavy atom. The van der Waals surface area contributed by atoms with Gasteiger partial charge in [0, 0.05) is 5.69 Å². The van der Waals surface area contributed by atoms with E-state index in [1.165, 1.54) is 5.56 Å². The number of hydrogen-bond acceptors (Lipinski definition) is 3. The fourth-order valence-electron chi connectivity index (χ4n) is 1.61. The zero-order chi connectivity index (χ0) is 10.6. The molecular formula is C10H16N4. The summed E-state index contributed by atoms with van der Waals surface area (Å²) in [5, 5.41) is 12.9. The lowest BCUT2D eigenvalue weighted by molar-refractivity contribution is 0.605. The molecule has 1 aromatic rings. The Bertz CT molecular complexity index is 346. The van der Waals surface area contributed by atoms with Crippen molar-refractivity contribution in [3.05, 3.63) is 17.0 Å². The van der Waals surface area contributed by atoms with E-state index < -0.39 is 0 Å². The molecule has 0 aliphatic rings. The summed E-state index contributed by atoms with van der Waals surface area (Å²) in [6, 6.07) is 2.12. The molecule has 0 bridgehead atoms. The Morgan fingerprint density at radius 2 is 2.21 bits per heavy atom. The average molecular weight is 192 g/mol. The summed E-state index contributed by atoms with van der Waals surface area (Å²) in [5.74, 6) is 0. The third-order valence-corrected chi connectivity index (χ3v) is 2.36. The van der Waals surface area contributed by atoms with Gasteiger partial charge in [-0.2, -0.15) is 10.4 Å². The minimum atomic E-state index is 0.504. The summed E-state index contributed by atoms with van der Waals surface area (Å²) in [4.78, 5) is 0. The van der Waals surface area contributed by atoms with E-state index in [0.717, 1.165) is 17.8 Å². The smallest absolute Gasteiger partial charge is 0.0641 e. The second kappa shape index (κ2) is 4.77. The molecule has 0 saturated heterocycles. The van der Waals surface area contributed by atoms with Gasteiger partial charge in [0.2, 0.25) is 0 Å². The van der Waals surface area contributed by atoms with Crippen molar-refractivity contribution in [3.8, 4) is 6.07 Å². The SMILES string of the molecule is Cc1nn(CCC#N)c(C)c1CCN. The maximum Gasteiger partial charge on any atom is 0.0641 e. The normalized spacial score (nSPS) is 10.1. The number of hydrogen-bond donors (Lipinski definition) is 1. The van der Waals surface area contributed by atoms with Gasteiger partial charge in [-0.1, -0.05) is 0 Å². The zero-order valence-corrected chi connectivity index (χ0v) is 8.75. The first kappa shape index (κ1) is 10.7. The highest BCUT2D eigenvalue weighted by molar-refractivity contribution is 5.24. The Kier molecular flexibility index (Phi) is 3.66. The van der Waals surface area contributed by atoms with E-state index in [0.29, 0.717) is 19.5 Å². The van der Waals surface area contributed by atoms with Crippen molar-refractivity contribution in [1.82, 2.24) is 9.78 Å². The summed E-state index contributed by atoms with van der Waals surface area (Å²) < 4.78 is 1.89. The van der Waals surface area contributed by atoms with Crippen LogP contribution in [0.4, 0.5) is 0 Å². The topological polar surface area (TPSA) is 67.6 Å². The quantitative estimate of drug-likeness (QED) is 0.771. The summed E-state index contributed by atoms with van der Waals surface area (Å²) in [6.07, 6.45) is 1.37.